The zero-order valence-corrected chi connectivity index (χ0v) is 19.8. The van der Waals surface area contributed by atoms with Crippen molar-refractivity contribution in [3.63, 3.8) is 0 Å². The van der Waals surface area contributed by atoms with Gasteiger partial charge in [-0.25, -0.2) is 8.78 Å². The Labute approximate surface area is 197 Å². The van der Waals surface area contributed by atoms with Gasteiger partial charge in [0.15, 0.2) is 6.29 Å². The smallest absolute Gasteiger partial charge is 0.248 e. The van der Waals surface area contributed by atoms with Crippen molar-refractivity contribution in [2.24, 2.45) is 0 Å². The summed E-state index contributed by atoms with van der Waals surface area (Å²) in [5.41, 5.74) is -0.370. The van der Waals surface area contributed by atoms with Gasteiger partial charge in [0.2, 0.25) is 11.7 Å². The molecule has 1 aliphatic rings. The highest BCUT2D eigenvalue weighted by Crippen LogP contribution is 2.46. The lowest BCUT2D eigenvalue weighted by molar-refractivity contribution is -0.128. The van der Waals surface area contributed by atoms with E-state index in [1.807, 2.05) is 14.0 Å². The van der Waals surface area contributed by atoms with Crippen molar-refractivity contribution in [1.82, 2.24) is 15.1 Å². The van der Waals surface area contributed by atoms with E-state index in [-0.39, 0.29) is 35.2 Å². The summed E-state index contributed by atoms with van der Waals surface area (Å²) in [5.74, 6) is -3.01. The number of ether oxygens (including phenoxy) is 1. The van der Waals surface area contributed by atoms with Crippen molar-refractivity contribution in [2.75, 3.05) is 27.3 Å². The number of nitrogens with zero attached hydrogens (tertiary/aromatic N) is 2. The van der Waals surface area contributed by atoms with Crippen LogP contribution in [0, 0.1) is 11.6 Å². The normalized spacial score (nSPS) is 16.2. The number of ketones is 1. The first-order valence-electron chi connectivity index (χ1n) is 10.8. The minimum atomic E-state index is -0.942. The molecular formula is C24H31F2N3O5. The highest BCUT2D eigenvalue weighted by Gasteiger charge is 2.53. The molecule has 1 aromatic carbocycles. The highest BCUT2D eigenvalue weighted by molar-refractivity contribution is 6.32. The Morgan fingerprint density at radius 2 is 2.00 bits per heavy atom. The maximum absolute atomic E-state index is 13.9. The summed E-state index contributed by atoms with van der Waals surface area (Å²) in [6, 6.07) is 2.66. The van der Waals surface area contributed by atoms with Crippen LogP contribution in [0.25, 0.3) is 0 Å². The molecule has 0 unspecified atom stereocenters. The van der Waals surface area contributed by atoms with E-state index in [1.165, 1.54) is 24.1 Å². The van der Waals surface area contributed by atoms with Gasteiger partial charge < -0.3 is 20.1 Å². The number of carbonyl (C=O) groups excluding carboxylic acids is 3. The SMILES string of the molecule is COCCN(C)C1([C@H](C)N(/C=C(\C)C(=O)NCc2ccc(F)cc2F)C(=CO)C(=O)C=O)CC1. The maximum Gasteiger partial charge on any atom is 0.248 e. The number of allylic oxidation sites excluding steroid dienone is 1. The van der Waals surface area contributed by atoms with Gasteiger partial charge in [-0.15, -0.1) is 0 Å². The second-order valence-corrected chi connectivity index (χ2v) is 8.33. The third kappa shape index (κ3) is 6.27. The van der Waals surface area contributed by atoms with Crippen LogP contribution in [0.5, 0.6) is 0 Å². The molecule has 0 saturated heterocycles. The lowest BCUT2D eigenvalue weighted by Crippen LogP contribution is -2.51. The van der Waals surface area contributed by atoms with Crippen molar-refractivity contribution >= 4 is 18.0 Å². The molecule has 10 heteroatoms. The Morgan fingerprint density at radius 3 is 2.53 bits per heavy atom. The zero-order chi connectivity index (χ0) is 25.5. The van der Waals surface area contributed by atoms with Crippen LogP contribution >= 0.6 is 0 Å². The van der Waals surface area contributed by atoms with Gasteiger partial charge in [-0.1, -0.05) is 6.07 Å². The van der Waals surface area contributed by atoms with Crippen LogP contribution in [0.4, 0.5) is 8.78 Å². The summed E-state index contributed by atoms with van der Waals surface area (Å²) < 4.78 is 32.1. The summed E-state index contributed by atoms with van der Waals surface area (Å²) in [7, 11) is 3.52. The van der Waals surface area contributed by atoms with Gasteiger partial charge in [-0.3, -0.25) is 19.3 Å². The minimum Gasteiger partial charge on any atom is -0.513 e. The monoisotopic (exact) mass is 479 g/mol. The van der Waals surface area contributed by atoms with Crippen molar-refractivity contribution in [3.8, 4) is 0 Å². The largest absolute Gasteiger partial charge is 0.513 e. The average molecular weight is 480 g/mol. The Morgan fingerprint density at radius 1 is 1.32 bits per heavy atom. The van der Waals surface area contributed by atoms with Crippen molar-refractivity contribution in [3.05, 3.63) is 59.1 Å². The number of carbonyl (C=O) groups is 3. The van der Waals surface area contributed by atoms with E-state index in [0.29, 0.717) is 19.4 Å². The standard InChI is InChI=1S/C24H31F2N3O5/c1-16(23(33)27-12-18-5-6-19(25)11-20(18)26)13-29(21(14-30)22(32)15-31)17(2)24(7-8-24)28(3)9-10-34-4/h5-6,11,13-15,17,30H,7-10,12H2,1-4H3,(H,27,33)/b16-13+,21-14?/t17-/m0/s1. The summed E-state index contributed by atoms with van der Waals surface area (Å²) in [6.07, 6.45) is 3.64. The molecule has 1 aromatic rings. The van der Waals surface area contributed by atoms with E-state index in [4.69, 9.17) is 4.74 Å². The number of likely N-dealkylation sites (N-methyl/N-ethyl adjacent to an activating group) is 1. The molecule has 0 radical (unpaired) electrons. The molecule has 0 aliphatic heterocycles. The Balaban J connectivity index is 2.28. The van der Waals surface area contributed by atoms with E-state index in [2.05, 4.69) is 10.2 Å². The third-order valence-corrected chi connectivity index (χ3v) is 6.25. The lowest BCUT2D eigenvalue weighted by Gasteiger charge is -2.40. The van der Waals surface area contributed by atoms with Crippen LogP contribution in [-0.4, -0.2) is 71.8 Å². The summed E-state index contributed by atoms with van der Waals surface area (Å²) in [4.78, 5) is 39.6. The number of amides is 1. The fraction of sp³-hybridized carbons (Fsp3) is 0.458. The molecule has 2 rings (SSSR count). The highest BCUT2D eigenvalue weighted by atomic mass is 19.1. The van der Waals surface area contributed by atoms with Crippen LogP contribution in [0.2, 0.25) is 0 Å². The quantitative estimate of drug-likeness (QED) is 0.194. The molecule has 2 N–H and O–H groups in total. The Hall–Kier alpha value is -3.11. The third-order valence-electron chi connectivity index (χ3n) is 6.25. The van der Waals surface area contributed by atoms with Gasteiger partial charge in [0.25, 0.3) is 0 Å². The number of hydrogen-bond acceptors (Lipinski definition) is 7. The van der Waals surface area contributed by atoms with Crippen LogP contribution in [0.3, 0.4) is 0 Å². The van der Waals surface area contributed by atoms with Gasteiger partial charge in [0.05, 0.1) is 6.61 Å². The van der Waals surface area contributed by atoms with E-state index in [9.17, 15) is 28.3 Å². The number of Topliss-reactive ketones (excluding diaryl/α,β-unsaturated/α-hetero) is 1. The predicted molar refractivity (Wildman–Crippen MR) is 122 cm³/mol. The van der Waals surface area contributed by atoms with Gasteiger partial charge in [-0.05, 0) is 39.8 Å². The van der Waals surface area contributed by atoms with Crippen LogP contribution < -0.4 is 5.32 Å². The minimum absolute atomic E-state index is 0.0938. The molecular weight excluding hydrogens is 448 g/mol. The number of aliphatic hydroxyl groups is 1. The molecule has 1 fully saturated rings. The van der Waals surface area contributed by atoms with Crippen LogP contribution in [-0.2, 0) is 25.7 Å². The molecule has 1 atom stereocenters. The average Bonchev–Trinajstić information content (AvgIpc) is 3.63. The molecule has 0 spiro atoms. The van der Waals surface area contributed by atoms with E-state index in [1.54, 1.807) is 7.11 Å². The number of hydrogen-bond donors (Lipinski definition) is 2. The number of nitrogens with one attached hydrogen (secondary N) is 1. The van der Waals surface area contributed by atoms with E-state index >= 15 is 0 Å². The summed E-state index contributed by atoms with van der Waals surface area (Å²) >= 11 is 0. The molecule has 0 heterocycles. The number of rotatable bonds is 13. The topological polar surface area (TPSA) is 99.2 Å². The molecule has 1 saturated carbocycles. The molecule has 8 nitrogen and oxygen atoms in total. The zero-order valence-electron chi connectivity index (χ0n) is 19.8. The number of methoxy groups -OCH3 is 1. The van der Waals surface area contributed by atoms with Crippen molar-refractivity contribution in [2.45, 2.75) is 44.8 Å². The second kappa shape index (κ2) is 11.8. The molecule has 0 aromatic heterocycles. The fourth-order valence-corrected chi connectivity index (χ4v) is 3.91. The van der Waals surface area contributed by atoms with Crippen molar-refractivity contribution < 1.29 is 33.0 Å². The van der Waals surface area contributed by atoms with E-state index in [0.717, 1.165) is 25.0 Å². The molecule has 186 valence electrons. The van der Waals surface area contributed by atoms with Crippen LogP contribution in [0.1, 0.15) is 32.3 Å². The Bertz CT molecular complexity index is 975. The first-order chi connectivity index (χ1) is 16.1. The van der Waals surface area contributed by atoms with Gasteiger partial charge in [-0.2, -0.15) is 0 Å². The Kier molecular flexibility index (Phi) is 9.46. The number of benzene rings is 1. The first kappa shape index (κ1) is 27.1. The fourth-order valence-electron chi connectivity index (χ4n) is 3.91. The second-order valence-electron chi connectivity index (χ2n) is 8.33. The predicted octanol–water partition coefficient (Wildman–Crippen LogP) is 2.45. The molecule has 1 aliphatic carbocycles. The summed E-state index contributed by atoms with van der Waals surface area (Å²) in [5, 5.41) is 12.3. The van der Waals surface area contributed by atoms with E-state index < -0.39 is 29.4 Å². The van der Waals surface area contributed by atoms with Gasteiger partial charge >= 0.3 is 0 Å². The maximum atomic E-state index is 13.9. The number of aldehydes is 1. The lowest BCUT2D eigenvalue weighted by atomic mass is 10.0. The van der Waals surface area contributed by atoms with Gasteiger partial charge in [0.1, 0.15) is 23.6 Å². The molecule has 0 bridgehead atoms. The number of halogens is 2. The molecule has 1 amide bonds. The van der Waals surface area contributed by atoms with Gasteiger partial charge in [0, 0.05) is 55.2 Å². The first-order valence-corrected chi connectivity index (χ1v) is 10.8. The number of aliphatic hydroxyl groups excluding tert-OH is 1. The molecule has 34 heavy (non-hydrogen) atoms. The van der Waals surface area contributed by atoms with Crippen LogP contribution in [0.15, 0.2) is 41.9 Å². The summed E-state index contributed by atoms with van der Waals surface area (Å²) in [6.45, 7) is 4.28. The van der Waals surface area contributed by atoms with Crippen molar-refractivity contribution in [1.29, 1.82) is 0 Å².